The van der Waals surface area contributed by atoms with E-state index in [1.807, 2.05) is 0 Å². The molecule has 0 spiro atoms. The fourth-order valence-electron chi connectivity index (χ4n) is 1.86. The highest BCUT2D eigenvalue weighted by Crippen LogP contribution is 2.24. The lowest BCUT2D eigenvalue weighted by Gasteiger charge is -2.17. The van der Waals surface area contributed by atoms with Gasteiger partial charge in [-0.05, 0) is 35.9 Å². The van der Waals surface area contributed by atoms with Gasteiger partial charge in [0.25, 0.3) is 0 Å². The number of pyridine rings is 1. The van der Waals surface area contributed by atoms with E-state index >= 15 is 0 Å². The Morgan fingerprint density at radius 2 is 1.86 bits per heavy atom. The van der Waals surface area contributed by atoms with Gasteiger partial charge in [-0.2, -0.15) is 4.31 Å². The van der Waals surface area contributed by atoms with Crippen LogP contribution >= 0.6 is 0 Å². The Morgan fingerprint density at radius 3 is 2.45 bits per heavy atom. The number of aromatic carboxylic acids is 1. The molecule has 116 valence electrons. The van der Waals surface area contributed by atoms with Gasteiger partial charge in [-0.15, -0.1) is 0 Å². The SMILES string of the molecule is CN(Cc1ccncc1)S(=O)(=O)c1ccc(O)c(C(=O)O)c1. The van der Waals surface area contributed by atoms with Gasteiger partial charge in [0.2, 0.25) is 10.0 Å². The number of aromatic hydroxyl groups is 1. The van der Waals surface area contributed by atoms with E-state index in [9.17, 15) is 18.3 Å². The monoisotopic (exact) mass is 322 g/mol. The fraction of sp³-hybridized carbons (Fsp3) is 0.143. The molecule has 0 atom stereocenters. The topological polar surface area (TPSA) is 108 Å². The Labute approximate surface area is 127 Å². The maximum Gasteiger partial charge on any atom is 0.339 e. The first-order valence-corrected chi connectivity index (χ1v) is 7.68. The summed E-state index contributed by atoms with van der Waals surface area (Å²) in [6.45, 7) is 0.119. The summed E-state index contributed by atoms with van der Waals surface area (Å²) in [5.41, 5.74) is 0.289. The summed E-state index contributed by atoms with van der Waals surface area (Å²) >= 11 is 0. The Morgan fingerprint density at radius 1 is 1.23 bits per heavy atom. The third kappa shape index (κ3) is 3.23. The first-order chi connectivity index (χ1) is 10.3. The van der Waals surface area contributed by atoms with Gasteiger partial charge in [-0.3, -0.25) is 4.98 Å². The van der Waals surface area contributed by atoms with Crippen LogP contribution in [0.1, 0.15) is 15.9 Å². The van der Waals surface area contributed by atoms with Crippen molar-refractivity contribution in [2.24, 2.45) is 0 Å². The molecule has 1 heterocycles. The van der Waals surface area contributed by atoms with Crippen LogP contribution in [-0.4, -0.2) is 40.9 Å². The molecular weight excluding hydrogens is 308 g/mol. The molecule has 0 amide bonds. The fourth-order valence-corrected chi connectivity index (χ4v) is 3.04. The standard InChI is InChI=1S/C14H14N2O5S/c1-16(9-10-4-6-15-7-5-10)22(20,21)11-2-3-13(17)12(8-11)14(18)19/h2-8,17H,9H2,1H3,(H,18,19). The predicted octanol–water partition coefficient (Wildman–Crippen LogP) is 1.31. The molecule has 1 aromatic carbocycles. The van der Waals surface area contributed by atoms with Gasteiger partial charge in [-0.1, -0.05) is 0 Å². The molecule has 2 rings (SSSR count). The highest BCUT2D eigenvalue weighted by molar-refractivity contribution is 7.89. The van der Waals surface area contributed by atoms with E-state index < -0.39 is 27.3 Å². The van der Waals surface area contributed by atoms with Crippen LogP contribution < -0.4 is 0 Å². The minimum Gasteiger partial charge on any atom is -0.507 e. The van der Waals surface area contributed by atoms with Crippen molar-refractivity contribution in [3.63, 3.8) is 0 Å². The largest absolute Gasteiger partial charge is 0.507 e. The Hall–Kier alpha value is -2.45. The van der Waals surface area contributed by atoms with E-state index in [0.717, 1.165) is 22.0 Å². The van der Waals surface area contributed by atoms with E-state index in [1.165, 1.54) is 13.1 Å². The summed E-state index contributed by atoms with van der Waals surface area (Å²) in [7, 11) is -2.48. The zero-order valence-electron chi connectivity index (χ0n) is 11.7. The summed E-state index contributed by atoms with van der Waals surface area (Å²) < 4.78 is 26.0. The molecule has 2 aromatic rings. The van der Waals surface area contributed by atoms with Crippen molar-refractivity contribution in [1.29, 1.82) is 0 Å². The molecule has 0 fully saturated rings. The number of aromatic nitrogens is 1. The molecule has 1 aromatic heterocycles. The van der Waals surface area contributed by atoms with Crippen molar-refractivity contribution in [2.75, 3.05) is 7.05 Å². The van der Waals surface area contributed by atoms with Crippen LogP contribution in [-0.2, 0) is 16.6 Å². The van der Waals surface area contributed by atoms with Gasteiger partial charge in [0.05, 0.1) is 4.90 Å². The Bertz CT molecular complexity index is 790. The average Bonchev–Trinajstić information content (AvgIpc) is 2.48. The van der Waals surface area contributed by atoms with E-state index in [4.69, 9.17) is 5.11 Å². The molecule has 2 N–H and O–H groups in total. The quantitative estimate of drug-likeness (QED) is 0.859. The van der Waals surface area contributed by atoms with Gasteiger partial charge in [0.15, 0.2) is 0 Å². The van der Waals surface area contributed by atoms with Gasteiger partial charge < -0.3 is 10.2 Å². The van der Waals surface area contributed by atoms with Crippen LogP contribution in [0, 0.1) is 0 Å². The van der Waals surface area contributed by atoms with E-state index in [-0.39, 0.29) is 11.4 Å². The molecule has 22 heavy (non-hydrogen) atoms. The van der Waals surface area contributed by atoms with Gasteiger partial charge in [-0.25, -0.2) is 13.2 Å². The van der Waals surface area contributed by atoms with Crippen molar-refractivity contribution in [2.45, 2.75) is 11.4 Å². The minimum atomic E-state index is -3.87. The third-order valence-electron chi connectivity index (χ3n) is 3.06. The zero-order valence-corrected chi connectivity index (χ0v) is 12.5. The van der Waals surface area contributed by atoms with Crippen molar-refractivity contribution >= 4 is 16.0 Å². The van der Waals surface area contributed by atoms with Crippen molar-refractivity contribution in [3.05, 3.63) is 53.9 Å². The molecule has 0 aliphatic carbocycles. The number of nitrogens with zero attached hydrogens (tertiary/aromatic N) is 2. The first kappa shape index (κ1) is 15.9. The first-order valence-electron chi connectivity index (χ1n) is 6.24. The highest BCUT2D eigenvalue weighted by Gasteiger charge is 2.23. The summed E-state index contributed by atoms with van der Waals surface area (Å²) in [4.78, 5) is 14.6. The van der Waals surface area contributed by atoms with E-state index in [2.05, 4.69) is 4.98 Å². The Balaban J connectivity index is 2.34. The third-order valence-corrected chi connectivity index (χ3v) is 4.86. The lowest BCUT2D eigenvalue weighted by atomic mass is 10.2. The smallest absolute Gasteiger partial charge is 0.339 e. The second-order valence-corrected chi connectivity index (χ2v) is 6.65. The second kappa shape index (κ2) is 6.12. The van der Waals surface area contributed by atoms with Crippen LogP contribution in [0.25, 0.3) is 0 Å². The summed E-state index contributed by atoms with van der Waals surface area (Å²) in [6, 6.07) is 6.53. The molecule has 0 radical (unpaired) electrons. The second-order valence-electron chi connectivity index (χ2n) is 4.60. The van der Waals surface area contributed by atoms with Gasteiger partial charge in [0.1, 0.15) is 11.3 Å². The molecule has 7 nitrogen and oxygen atoms in total. The van der Waals surface area contributed by atoms with Gasteiger partial charge in [0, 0.05) is 26.0 Å². The number of sulfonamides is 1. The number of carboxylic acids is 1. The summed E-state index contributed by atoms with van der Waals surface area (Å²) in [5.74, 6) is -1.88. The van der Waals surface area contributed by atoms with Crippen molar-refractivity contribution in [3.8, 4) is 5.75 Å². The number of carbonyl (C=O) groups is 1. The molecule has 0 unspecified atom stereocenters. The van der Waals surface area contributed by atoms with Crippen molar-refractivity contribution < 1.29 is 23.4 Å². The van der Waals surface area contributed by atoms with Crippen LogP contribution in [0.4, 0.5) is 0 Å². The number of hydrogen-bond donors (Lipinski definition) is 2. The summed E-state index contributed by atoms with van der Waals surface area (Å²) in [5, 5.41) is 18.4. The molecule has 0 saturated carbocycles. The number of phenols is 1. The van der Waals surface area contributed by atoms with E-state index in [0.29, 0.717) is 0 Å². The summed E-state index contributed by atoms with van der Waals surface area (Å²) in [6.07, 6.45) is 3.11. The predicted molar refractivity (Wildman–Crippen MR) is 78.0 cm³/mol. The van der Waals surface area contributed by atoms with Crippen molar-refractivity contribution in [1.82, 2.24) is 9.29 Å². The normalized spacial score (nSPS) is 11.5. The minimum absolute atomic E-state index is 0.119. The lowest BCUT2D eigenvalue weighted by Crippen LogP contribution is -2.26. The lowest BCUT2D eigenvalue weighted by molar-refractivity contribution is 0.0693. The Kier molecular flexibility index (Phi) is 4.43. The van der Waals surface area contributed by atoms with Crippen LogP contribution in [0.2, 0.25) is 0 Å². The molecular formula is C14H14N2O5S. The zero-order chi connectivity index (χ0) is 16.3. The number of rotatable bonds is 5. The maximum atomic E-state index is 12.5. The average molecular weight is 322 g/mol. The molecule has 0 aliphatic rings. The number of carboxylic acid groups (broad SMARTS) is 1. The highest BCUT2D eigenvalue weighted by atomic mass is 32.2. The van der Waals surface area contributed by atoms with Gasteiger partial charge >= 0.3 is 5.97 Å². The molecule has 8 heteroatoms. The maximum absolute atomic E-state index is 12.5. The van der Waals surface area contributed by atoms with Crippen LogP contribution in [0.5, 0.6) is 5.75 Å². The molecule has 0 aliphatic heterocycles. The number of benzene rings is 1. The van der Waals surface area contributed by atoms with E-state index in [1.54, 1.807) is 24.5 Å². The number of hydrogen-bond acceptors (Lipinski definition) is 5. The van der Waals surface area contributed by atoms with Crippen LogP contribution in [0.3, 0.4) is 0 Å². The molecule has 0 saturated heterocycles. The molecule has 0 bridgehead atoms. The van der Waals surface area contributed by atoms with Crippen LogP contribution in [0.15, 0.2) is 47.6 Å².